The average molecular weight is 268 g/mol. The van der Waals surface area contributed by atoms with Crippen LogP contribution in [-0.4, -0.2) is 19.9 Å². The summed E-state index contributed by atoms with van der Waals surface area (Å²) in [5.41, 5.74) is 8.45. The number of aromatic nitrogens is 4. The second kappa shape index (κ2) is 4.27. The van der Waals surface area contributed by atoms with Crippen molar-refractivity contribution in [3.05, 3.63) is 28.1 Å². The third-order valence-electron chi connectivity index (χ3n) is 4.30. The molecule has 20 heavy (non-hydrogen) atoms. The summed E-state index contributed by atoms with van der Waals surface area (Å²) in [7, 11) is 0. The van der Waals surface area contributed by atoms with E-state index < -0.39 is 0 Å². The molecule has 3 aromatic rings. The molecule has 0 saturated heterocycles. The summed E-state index contributed by atoms with van der Waals surface area (Å²) in [5.74, 6) is 1.29. The van der Waals surface area contributed by atoms with Crippen LogP contribution in [0.25, 0.3) is 22.3 Å². The lowest BCUT2D eigenvalue weighted by Crippen LogP contribution is -1.98. The monoisotopic (exact) mass is 268 g/mol. The minimum Gasteiger partial charge on any atom is -0.325 e. The maximum absolute atomic E-state index is 4.76. The number of nitrogens with one attached hydrogen (secondary N) is 1. The summed E-state index contributed by atoms with van der Waals surface area (Å²) >= 11 is 0. The molecule has 0 aliphatic carbocycles. The van der Waals surface area contributed by atoms with Crippen LogP contribution in [0, 0.1) is 27.7 Å². The first kappa shape index (κ1) is 13.0. The number of hydrogen-bond acceptors (Lipinski definition) is 3. The van der Waals surface area contributed by atoms with Crippen molar-refractivity contribution < 1.29 is 0 Å². The van der Waals surface area contributed by atoms with Crippen LogP contribution in [0.1, 0.15) is 47.8 Å². The molecule has 0 aliphatic heterocycles. The number of aryl methyl sites for hydroxylation is 2. The first-order valence-electron chi connectivity index (χ1n) is 7.04. The molecule has 2 heterocycles. The van der Waals surface area contributed by atoms with Gasteiger partial charge < -0.3 is 4.98 Å². The Morgan fingerprint density at radius 3 is 1.85 bits per heavy atom. The number of rotatable bonds is 1. The zero-order valence-corrected chi connectivity index (χ0v) is 12.9. The number of aromatic amines is 1. The highest BCUT2D eigenvalue weighted by Gasteiger charge is 2.15. The van der Waals surface area contributed by atoms with Crippen LogP contribution in [0.3, 0.4) is 0 Å². The molecule has 0 radical (unpaired) electrons. The van der Waals surface area contributed by atoms with Gasteiger partial charge in [-0.05, 0) is 49.9 Å². The van der Waals surface area contributed by atoms with E-state index in [9.17, 15) is 0 Å². The van der Waals surface area contributed by atoms with E-state index >= 15 is 0 Å². The Hall–Kier alpha value is -1.97. The lowest BCUT2D eigenvalue weighted by atomic mass is 9.97. The summed E-state index contributed by atoms with van der Waals surface area (Å²) in [6.45, 7) is 12.7. The van der Waals surface area contributed by atoms with E-state index in [2.05, 4.69) is 51.5 Å². The van der Waals surface area contributed by atoms with E-state index in [1.807, 2.05) is 0 Å². The third-order valence-corrected chi connectivity index (χ3v) is 4.30. The smallest absolute Gasteiger partial charge is 0.198 e. The Balaban J connectivity index is 2.44. The quantitative estimate of drug-likeness (QED) is 0.729. The standard InChI is InChI=1S/C16H20N4/c1-7(2)14-19-15-16(20-14)18-13-11(6)9(4)8(3)10(5)12(13)17-15/h7H,1-6H3,(H,17,18,19,20). The van der Waals surface area contributed by atoms with Crippen LogP contribution in [0.4, 0.5) is 0 Å². The van der Waals surface area contributed by atoms with Gasteiger partial charge in [-0.15, -0.1) is 0 Å². The van der Waals surface area contributed by atoms with Crippen molar-refractivity contribution in [3.8, 4) is 0 Å². The molecular weight excluding hydrogens is 248 g/mol. The van der Waals surface area contributed by atoms with Gasteiger partial charge in [-0.1, -0.05) is 13.8 Å². The highest BCUT2D eigenvalue weighted by Crippen LogP contribution is 2.28. The van der Waals surface area contributed by atoms with Crippen molar-refractivity contribution in [2.45, 2.75) is 47.5 Å². The fourth-order valence-corrected chi connectivity index (χ4v) is 2.57. The normalized spacial score (nSPS) is 11.9. The van der Waals surface area contributed by atoms with Crippen LogP contribution in [-0.2, 0) is 0 Å². The van der Waals surface area contributed by atoms with Crippen molar-refractivity contribution in [1.29, 1.82) is 0 Å². The highest BCUT2D eigenvalue weighted by atomic mass is 15.1. The summed E-state index contributed by atoms with van der Waals surface area (Å²) < 4.78 is 0. The van der Waals surface area contributed by atoms with Gasteiger partial charge >= 0.3 is 0 Å². The molecule has 3 rings (SSSR count). The molecule has 0 unspecified atom stereocenters. The molecule has 4 nitrogen and oxygen atoms in total. The molecule has 1 aromatic carbocycles. The second-order valence-corrected chi connectivity index (χ2v) is 5.87. The summed E-state index contributed by atoms with van der Waals surface area (Å²) in [5, 5.41) is 0. The Labute approximate surface area is 118 Å². The lowest BCUT2D eigenvalue weighted by Gasteiger charge is -2.11. The molecule has 0 fully saturated rings. The van der Waals surface area contributed by atoms with Gasteiger partial charge in [-0.25, -0.2) is 15.0 Å². The third kappa shape index (κ3) is 1.71. The fourth-order valence-electron chi connectivity index (χ4n) is 2.57. The Kier molecular flexibility index (Phi) is 2.78. The SMILES string of the molecule is Cc1c(C)c(C)c2nc3[nH]c(C(C)C)nc3nc2c1C. The van der Waals surface area contributed by atoms with Crippen molar-refractivity contribution in [3.63, 3.8) is 0 Å². The molecule has 0 spiro atoms. The summed E-state index contributed by atoms with van der Waals surface area (Å²) in [6.07, 6.45) is 0. The molecule has 1 N–H and O–H groups in total. The second-order valence-electron chi connectivity index (χ2n) is 5.87. The van der Waals surface area contributed by atoms with E-state index in [1.165, 1.54) is 22.3 Å². The first-order valence-corrected chi connectivity index (χ1v) is 7.04. The van der Waals surface area contributed by atoms with Gasteiger partial charge in [0.25, 0.3) is 0 Å². The zero-order valence-electron chi connectivity index (χ0n) is 12.9. The van der Waals surface area contributed by atoms with Crippen LogP contribution < -0.4 is 0 Å². The van der Waals surface area contributed by atoms with E-state index in [0.29, 0.717) is 11.6 Å². The summed E-state index contributed by atoms with van der Waals surface area (Å²) in [4.78, 5) is 17.3. The maximum atomic E-state index is 4.76. The predicted octanol–water partition coefficient (Wildman–Crippen LogP) is 3.86. The van der Waals surface area contributed by atoms with Gasteiger partial charge in [0.2, 0.25) is 0 Å². The molecule has 0 saturated carbocycles. The number of nitrogens with zero attached hydrogens (tertiary/aromatic N) is 3. The molecule has 0 atom stereocenters. The van der Waals surface area contributed by atoms with E-state index in [4.69, 9.17) is 9.97 Å². The van der Waals surface area contributed by atoms with Crippen LogP contribution in [0.5, 0.6) is 0 Å². The maximum Gasteiger partial charge on any atom is 0.198 e. The number of benzene rings is 1. The Morgan fingerprint density at radius 2 is 1.30 bits per heavy atom. The largest absolute Gasteiger partial charge is 0.325 e. The fraction of sp³-hybridized carbons (Fsp3) is 0.438. The number of hydrogen-bond donors (Lipinski definition) is 1. The van der Waals surface area contributed by atoms with Crippen molar-refractivity contribution in [2.75, 3.05) is 0 Å². The van der Waals surface area contributed by atoms with Gasteiger partial charge in [0.1, 0.15) is 5.82 Å². The molecular formula is C16H20N4. The molecule has 4 heteroatoms. The Bertz CT molecular complexity index is 763. The first-order chi connectivity index (χ1) is 9.40. The van der Waals surface area contributed by atoms with E-state index in [1.54, 1.807) is 0 Å². The molecule has 104 valence electrons. The van der Waals surface area contributed by atoms with E-state index in [0.717, 1.165) is 22.5 Å². The minimum atomic E-state index is 0.347. The number of H-pyrrole nitrogens is 1. The predicted molar refractivity (Wildman–Crippen MR) is 82.2 cm³/mol. The van der Waals surface area contributed by atoms with Gasteiger partial charge in [0.15, 0.2) is 11.3 Å². The molecule has 0 amide bonds. The van der Waals surface area contributed by atoms with Gasteiger partial charge in [0, 0.05) is 5.92 Å². The molecule has 0 aliphatic rings. The number of imidazole rings is 1. The van der Waals surface area contributed by atoms with Crippen LogP contribution >= 0.6 is 0 Å². The zero-order chi connectivity index (χ0) is 14.6. The van der Waals surface area contributed by atoms with Gasteiger partial charge in [-0.2, -0.15) is 0 Å². The summed E-state index contributed by atoms with van der Waals surface area (Å²) in [6, 6.07) is 0. The van der Waals surface area contributed by atoms with Gasteiger partial charge in [-0.3, -0.25) is 0 Å². The molecule has 0 bridgehead atoms. The number of fused-ring (bicyclic) bond motifs is 2. The van der Waals surface area contributed by atoms with Crippen molar-refractivity contribution in [1.82, 2.24) is 19.9 Å². The minimum absolute atomic E-state index is 0.347. The molecule has 2 aromatic heterocycles. The van der Waals surface area contributed by atoms with Crippen LogP contribution in [0.15, 0.2) is 0 Å². The lowest BCUT2D eigenvalue weighted by molar-refractivity contribution is 0.797. The van der Waals surface area contributed by atoms with Crippen molar-refractivity contribution >= 4 is 22.3 Å². The Morgan fingerprint density at radius 1 is 0.750 bits per heavy atom. The topological polar surface area (TPSA) is 54.5 Å². The average Bonchev–Trinajstić information content (AvgIpc) is 2.84. The van der Waals surface area contributed by atoms with Crippen molar-refractivity contribution in [2.24, 2.45) is 0 Å². The van der Waals surface area contributed by atoms with E-state index in [-0.39, 0.29) is 0 Å². The highest BCUT2D eigenvalue weighted by molar-refractivity contribution is 5.89. The van der Waals surface area contributed by atoms with Gasteiger partial charge in [0.05, 0.1) is 11.0 Å². The van der Waals surface area contributed by atoms with Crippen LogP contribution in [0.2, 0.25) is 0 Å².